The molecule has 0 aliphatic heterocycles. The highest BCUT2D eigenvalue weighted by atomic mass is 32.1. The van der Waals surface area contributed by atoms with E-state index in [1.165, 1.54) is 0 Å². The molecule has 0 aliphatic rings. The molecule has 7 heteroatoms. The molecule has 0 bridgehead atoms. The minimum atomic E-state index is -0.168. The van der Waals surface area contributed by atoms with Crippen molar-refractivity contribution in [3.8, 4) is 0 Å². The van der Waals surface area contributed by atoms with Crippen LogP contribution in [0.25, 0.3) is 5.78 Å². The number of carbonyl (C=O) groups excluding carboxylic acids is 1. The molecule has 0 spiro atoms. The van der Waals surface area contributed by atoms with Crippen LogP contribution in [0, 0.1) is 13.8 Å². The second kappa shape index (κ2) is 5.84. The number of fused-ring (bicyclic) bond motifs is 1. The Morgan fingerprint density at radius 1 is 1.36 bits per heavy atom. The zero-order valence-corrected chi connectivity index (χ0v) is 13.6. The Morgan fingerprint density at radius 3 is 2.86 bits per heavy atom. The van der Waals surface area contributed by atoms with Gasteiger partial charge < -0.3 is 4.90 Å². The van der Waals surface area contributed by atoms with E-state index in [0.717, 1.165) is 16.3 Å². The van der Waals surface area contributed by atoms with E-state index in [-0.39, 0.29) is 11.7 Å². The van der Waals surface area contributed by atoms with Crippen LogP contribution in [0.4, 0.5) is 0 Å². The zero-order valence-electron chi connectivity index (χ0n) is 12.8. The van der Waals surface area contributed by atoms with Crippen molar-refractivity contribution in [2.24, 2.45) is 0 Å². The van der Waals surface area contributed by atoms with Gasteiger partial charge in [0, 0.05) is 22.8 Å². The van der Waals surface area contributed by atoms with E-state index in [4.69, 9.17) is 0 Å². The molecule has 3 rings (SSSR count). The molecule has 0 fully saturated rings. The lowest BCUT2D eigenvalue weighted by molar-refractivity contribution is 0.0742. The quantitative estimate of drug-likeness (QED) is 0.742. The fourth-order valence-corrected chi connectivity index (χ4v) is 3.04. The van der Waals surface area contributed by atoms with Crippen molar-refractivity contribution in [3.63, 3.8) is 0 Å². The van der Waals surface area contributed by atoms with E-state index in [2.05, 4.69) is 15.1 Å². The van der Waals surface area contributed by atoms with Crippen molar-refractivity contribution in [1.82, 2.24) is 24.5 Å². The molecule has 6 nitrogen and oxygen atoms in total. The molecule has 1 amide bonds. The monoisotopic (exact) mass is 315 g/mol. The predicted octanol–water partition coefficient (Wildman–Crippen LogP) is 2.46. The van der Waals surface area contributed by atoms with Crippen molar-refractivity contribution in [1.29, 1.82) is 0 Å². The van der Waals surface area contributed by atoms with Crippen LogP contribution in [0.2, 0.25) is 0 Å². The maximum Gasteiger partial charge on any atom is 0.293 e. The smallest absolute Gasteiger partial charge is 0.293 e. The number of hydrogen-bond acceptors (Lipinski definition) is 5. The maximum absolute atomic E-state index is 12.6. The summed E-state index contributed by atoms with van der Waals surface area (Å²) in [7, 11) is 0. The largest absolute Gasteiger partial charge is 0.331 e. The van der Waals surface area contributed by atoms with E-state index in [9.17, 15) is 4.79 Å². The van der Waals surface area contributed by atoms with Crippen LogP contribution in [0.15, 0.2) is 23.6 Å². The molecule has 0 N–H and O–H groups in total. The first-order valence-electron chi connectivity index (χ1n) is 7.11. The summed E-state index contributed by atoms with van der Waals surface area (Å²) in [5.74, 6) is 0.492. The Labute approximate surface area is 132 Å². The lowest BCUT2D eigenvalue weighted by Gasteiger charge is -2.18. The topological polar surface area (TPSA) is 63.4 Å². The number of aryl methyl sites for hydroxylation is 2. The molecule has 114 valence electrons. The second-order valence-corrected chi connectivity index (χ2v) is 6.12. The third-order valence-corrected chi connectivity index (χ3v) is 4.27. The van der Waals surface area contributed by atoms with Gasteiger partial charge in [0.25, 0.3) is 11.7 Å². The Balaban J connectivity index is 1.91. The number of thiophene rings is 1. The lowest BCUT2D eigenvalue weighted by atomic mass is 10.4. The van der Waals surface area contributed by atoms with Crippen molar-refractivity contribution < 1.29 is 4.79 Å². The minimum absolute atomic E-state index is 0.168. The molecule has 0 atom stereocenters. The predicted molar refractivity (Wildman–Crippen MR) is 85.0 cm³/mol. The highest BCUT2D eigenvalue weighted by molar-refractivity contribution is 7.09. The fourth-order valence-electron chi connectivity index (χ4n) is 2.32. The summed E-state index contributed by atoms with van der Waals surface area (Å²) in [5.41, 5.74) is 1.78. The minimum Gasteiger partial charge on any atom is -0.331 e. The summed E-state index contributed by atoms with van der Waals surface area (Å²) in [6.07, 6.45) is 0. The van der Waals surface area contributed by atoms with Gasteiger partial charge in [-0.05, 0) is 38.3 Å². The summed E-state index contributed by atoms with van der Waals surface area (Å²) in [6, 6.07) is 5.92. The third-order valence-electron chi connectivity index (χ3n) is 3.41. The lowest BCUT2D eigenvalue weighted by Crippen LogP contribution is -2.30. The first-order valence-corrected chi connectivity index (χ1v) is 7.99. The van der Waals surface area contributed by atoms with E-state index in [1.54, 1.807) is 20.8 Å². The number of carbonyl (C=O) groups is 1. The average Bonchev–Trinajstić information content (AvgIpc) is 3.12. The average molecular weight is 315 g/mol. The van der Waals surface area contributed by atoms with Gasteiger partial charge in [-0.15, -0.1) is 16.4 Å². The summed E-state index contributed by atoms with van der Waals surface area (Å²) in [6.45, 7) is 6.97. The molecular weight excluding hydrogens is 298 g/mol. The molecule has 0 aromatic carbocycles. The number of aromatic nitrogens is 4. The second-order valence-electron chi connectivity index (χ2n) is 5.08. The normalized spacial score (nSPS) is 11.0. The summed E-state index contributed by atoms with van der Waals surface area (Å²) < 4.78 is 1.61. The molecule has 0 unspecified atom stereocenters. The van der Waals surface area contributed by atoms with Crippen LogP contribution in [-0.4, -0.2) is 36.9 Å². The molecule has 0 radical (unpaired) electrons. The first-order chi connectivity index (χ1) is 10.6. The van der Waals surface area contributed by atoms with Gasteiger partial charge in [-0.3, -0.25) is 4.79 Å². The van der Waals surface area contributed by atoms with Crippen LogP contribution < -0.4 is 0 Å². The highest BCUT2D eigenvalue weighted by Crippen LogP contribution is 2.14. The molecule has 0 saturated carbocycles. The number of amides is 1. The van der Waals surface area contributed by atoms with Gasteiger partial charge in [-0.2, -0.15) is 4.98 Å². The van der Waals surface area contributed by atoms with Crippen LogP contribution in [0.5, 0.6) is 0 Å². The van der Waals surface area contributed by atoms with Gasteiger partial charge in [-0.1, -0.05) is 6.07 Å². The molecule has 3 aromatic rings. The number of hydrogen-bond donors (Lipinski definition) is 0. The van der Waals surface area contributed by atoms with Crippen LogP contribution in [0.1, 0.15) is 33.8 Å². The Hall–Kier alpha value is -2.28. The Morgan fingerprint density at radius 2 is 2.18 bits per heavy atom. The van der Waals surface area contributed by atoms with E-state index in [1.807, 2.05) is 44.4 Å². The van der Waals surface area contributed by atoms with Crippen LogP contribution in [-0.2, 0) is 6.54 Å². The molecule has 3 aromatic heterocycles. The Kier molecular flexibility index (Phi) is 3.89. The van der Waals surface area contributed by atoms with Gasteiger partial charge in [0.05, 0.1) is 6.54 Å². The number of rotatable bonds is 4. The summed E-state index contributed by atoms with van der Waals surface area (Å²) >= 11 is 1.64. The van der Waals surface area contributed by atoms with Gasteiger partial charge >= 0.3 is 0 Å². The van der Waals surface area contributed by atoms with Crippen molar-refractivity contribution in [3.05, 3.63) is 45.7 Å². The summed E-state index contributed by atoms with van der Waals surface area (Å²) in [4.78, 5) is 24.1. The Bertz CT molecular complexity index is 809. The van der Waals surface area contributed by atoms with Crippen LogP contribution >= 0.6 is 11.3 Å². The fraction of sp³-hybridized carbons (Fsp3) is 0.333. The van der Waals surface area contributed by atoms with Crippen molar-refractivity contribution >= 4 is 23.0 Å². The third kappa shape index (κ3) is 2.71. The van der Waals surface area contributed by atoms with Crippen molar-refractivity contribution in [2.75, 3.05) is 6.54 Å². The van der Waals surface area contributed by atoms with E-state index < -0.39 is 0 Å². The van der Waals surface area contributed by atoms with Gasteiger partial charge in [0.2, 0.25) is 5.82 Å². The standard InChI is InChI=1S/C15H17N5OS/c1-4-19(9-12-6-5-7-22-12)14(21)13-17-15-16-10(2)8-11(3)20(15)18-13/h5-8H,4,9H2,1-3H3. The SMILES string of the molecule is CCN(Cc1cccs1)C(=O)c1nc2nc(C)cc(C)n2n1. The highest BCUT2D eigenvalue weighted by Gasteiger charge is 2.21. The molecule has 22 heavy (non-hydrogen) atoms. The number of nitrogens with zero attached hydrogens (tertiary/aromatic N) is 5. The zero-order chi connectivity index (χ0) is 15.7. The van der Waals surface area contributed by atoms with E-state index >= 15 is 0 Å². The first kappa shape index (κ1) is 14.6. The molecule has 3 heterocycles. The van der Waals surface area contributed by atoms with Crippen molar-refractivity contribution in [2.45, 2.75) is 27.3 Å². The summed E-state index contributed by atoms with van der Waals surface area (Å²) in [5, 5.41) is 6.31. The van der Waals surface area contributed by atoms with Crippen LogP contribution in [0.3, 0.4) is 0 Å². The van der Waals surface area contributed by atoms with E-state index in [0.29, 0.717) is 18.9 Å². The maximum atomic E-state index is 12.6. The molecule has 0 aliphatic carbocycles. The van der Waals surface area contributed by atoms with Gasteiger partial charge in [-0.25, -0.2) is 9.50 Å². The molecular formula is C15H17N5OS. The van der Waals surface area contributed by atoms with Gasteiger partial charge in [0.1, 0.15) is 0 Å². The van der Waals surface area contributed by atoms with Gasteiger partial charge in [0.15, 0.2) is 0 Å². The molecule has 0 saturated heterocycles.